The van der Waals surface area contributed by atoms with Crippen LogP contribution in [0.25, 0.3) is 0 Å². The summed E-state index contributed by atoms with van der Waals surface area (Å²) in [5.74, 6) is -0.100. The van der Waals surface area contributed by atoms with E-state index in [-0.39, 0.29) is 11.9 Å². The topological polar surface area (TPSA) is 56.1 Å². The summed E-state index contributed by atoms with van der Waals surface area (Å²) in [6.45, 7) is 4.23. The van der Waals surface area contributed by atoms with E-state index in [9.17, 15) is 10.1 Å². The number of amides is 1. The third-order valence-corrected chi connectivity index (χ3v) is 5.29. The molecule has 122 valence electrons. The van der Waals surface area contributed by atoms with E-state index in [2.05, 4.69) is 40.6 Å². The van der Waals surface area contributed by atoms with Crippen molar-refractivity contribution in [1.82, 2.24) is 5.32 Å². The summed E-state index contributed by atoms with van der Waals surface area (Å²) in [4.78, 5) is 15.0. The maximum absolute atomic E-state index is 12.6. The van der Waals surface area contributed by atoms with E-state index in [1.807, 2.05) is 6.92 Å². The van der Waals surface area contributed by atoms with Gasteiger partial charge < -0.3 is 10.2 Å². The molecule has 1 aromatic carbocycles. The van der Waals surface area contributed by atoms with Crippen LogP contribution in [0.4, 0.5) is 5.69 Å². The zero-order valence-electron chi connectivity index (χ0n) is 13.8. The Morgan fingerprint density at radius 1 is 1.26 bits per heavy atom. The Hall–Kier alpha value is -2.02. The molecule has 0 bridgehead atoms. The molecule has 4 nitrogen and oxygen atoms in total. The Morgan fingerprint density at radius 3 is 2.61 bits per heavy atom. The molecule has 2 aliphatic rings. The Balaban J connectivity index is 1.70. The van der Waals surface area contributed by atoms with Crippen LogP contribution in [0.1, 0.15) is 57.1 Å². The molecule has 1 aromatic rings. The van der Waals surface area contributed by atoms with Gasteiger partial charge in [0.15, 0.2) is 0 Å². The summed E-state index contributed by atoms with van der Waals surface area (Å²) in [6, 6.07) is 10.6. The van der Waals surface area contributed by atoms with Crippen LogP contribution in [0.2, 0.25) is 0 Å². The van der Waals surface area contributed by atoms with Crippen LogP contribution in [0, 0.1) is 16.7 Å². The zero-order chi connectivity index (χ0) is 16.3. The largest absolute Gasteiger partial charge is 0.372 e. The van der Waals surface area contributed by atoms with Crippen LogP contribution in [0.5, 0.6) is 0 Å². The minimum Gasteiger partial charge on any atom is -0.372 e. The van der Waals surface area contributed by atoms with Crippen molar-refractivity contribution in [3.05, 3.63) is 29.8 Å². The number of anilines is 1. The fraction of sp³-hybridized carbons (Fsp3) is 0.579. The van der Waals surface area contributed by atoms with Crippen molar-refractivity contribution in [2.45, 2.75) is 51.5 Å². The van der Waals surface area contributed by atoms with E-state index in [0.717, 1.165) is 31.5 Å². The highest BCUT2D eigenvalue weighted by atomic mass is 16.2. The van der Waals surface area contributed by atoms with Crippen LogP contribution in [0.3, 0.4) is 0 Å². The predicted octanol–water partition coefficient (Wildman–Crippen LogP) is 3.55. The highest BCUT2D eigenvalue weighted by Gasteiger charge is 2.41. The maximum atomic E-state index is 12.6. The molecular weight excluding hydrogens is 286 g/mol. The van der Waals surface area contributed by atoms with E-state index in [0.29, 0.717) is 12.8 Å². The van der Waals surface area contributed by atoms with Gasteiger partial charge in [-0.3, -0.25) is 4.79 Å². The smallest absolute Gasteiger partial charge is 0.240 e. The molecule has 1 aliphatic carbocycles. The average molecular weight is 311 g/mol. The number of nitriles is 1. The molecule has 1 saturated carbocycles. The summed E-state index contributed by atoms with van der Waals surface area (Å²) in [5, 5.41) is 12.5. The molecule has 1 unspecified atom stereocenters. The van der Waals surface area contributed by atoms with E-state index in [1.54, 1.807) is 0 Å². The molecule has 0 aromatic heterocycles. The average Bonchev–Trinajstić information content (AvgIpc) is 3.27. The molecule has 1 N–H and O–H groups in total. The molecule has 1 aliphatic heterocycles. The molecule has 0 radical (unpaired) electrons. The van der Waals surface area contributed by atoms with E-state index in [1.165, 1.54) is 18.5 Å². The molecule has 4 heteroatoms. The maximum Gasteiger partial charge on any atom is 0.240 e. The summed E-state index contributed by atoms with van der Waals surface area (Å²) in [7, 11) is 0. The highest BCUT2D eigenvalue weighted by Crippen LogP contribution is 2.38. The van der Waals surface area contributed by atoms with Gasteiger partial charge in [-0.15, -0.1) is 0 Å². The van der Waals surface area contributed by atoms with Crippen LogP contribution < -0.4 is 10.2 Å². The first-order valence-electron chi connectivity index (χ1n) is 8.72. The third kappa shape index (κ3) is 3.19. The Morgan fingerprint density at radius 2 is 1.96 bits per heavy atom. The monoisotopic (exact) mass is 311 g/mol. The Labute approximate surface area is 138 Å². The molecule has 1 saturated heterocycles. The van der Waals surface area contributed by atoms with Gasteiger partial charge in [-0.1, -0.05) is 25.0 Å². The van der Waals surface area contributed by atoms with Crippen LogP contribution in [-0.4, -0.2) is 19.0 Å². The fourth-order valence-electron chi connectivity index (χ4n) is 3.75. The second-order valence-electron chi connectivity index (χ2n) is 6.89. The lowest BCUT2D eigenvalue weighted by molar-refractivity contribution is -0.128. The van der Waals surface area contributed by atoms with Crippen LogP contribution in [0.15, 0.2) is 24.3 Å². The number of nitrogens with zero attached hydrogens (tertiary/aromatic N) is 2. The molecule has 0 spiro atoms. The van der Waals surface area contributed by atoms with Crippen molar-refractivity contribution < 1.29 is 4.79 Å². The van der Waals surface area contributed by atoms with E-state index in [4.69, 9.17) is 0 Å². The van der Waals surface area contributed by atoms with Crippen molar-refractivity contribution in [1.29, 1.82) is 5.26 Å². The normalized spacial score (nSPS) is 21.0. The quantitative estimate of drug-likeness (QED) is 0.925. The van der Waals surface area contributed by atoms with Gasteiger partial charge in [-0.05, 0) is 50.3 Å². The molecular formula is C19H25N3O. The zero-order valence-corrected chi connectivity index (χ0v) is 13.8. The van der Waals surface area contributed by atoms with Gasteiger partial charge in [0.2, 0.25) is 5.91 Å². The number of hydrogen-bond donors (Lipinski definition) is 1. The highest BCUT2D eigenvalue weighted by molar-refractivity contribution is 5.86. The molecule has 1 heterocycles. The summed E-state index contributed by atoms with van der Waals surface area (Å²) < 4.78 is 0. The van der Waals surface area contributed by atoms with Crippen molar-refractivity contribution >= 4 is 11.6 Å². The first kappa shape index (κ1) is 15.9. The van der Waals surface area contributed by atoms with Crippen molar-refractivity contribution in [3.63, 3.8) is 0 Å². The van der Waals surface area contributed by atoms with Crippen molar-refractivity contribution in [2.24, 2.45) is 5.41 Å². The van der Waals surface area contributed by atoms with Gasteiger partial charge in [0.05, 0.1) is 12.1 Å². The minimum absolute atomic E-state index is 0.0733. The number of benzene rings is 1. The van der Waals surface area contributed by atoms with Gasteiger partial charge in [0, 0.05) is 18.8 Å². The molecule has 23 heavy (non-hydrogen) atoms. The SMILES string of the molecule is CC(NC(=O)C1(C#N)CCCC1)c1cccc(N2CCCC2)c1. The standard InChI is InChI=1S/C19H25N3O/c1-15(21-18(23)19(14-20)9-2-3-10-19)16-7-6-8-17(13-16)22-11-4-5-12-22/h6-8,13,15H,2-5,9-12H2,1H3,(H,21,23). The van der Waals surface area contributed by atoms with Crippen LogP contribution >= 0.6 is 0 Å². The first-order valence-corrected chi connectivity index (χ1v) is 8.72. The molecule has 2 fully saturated rings. The van der Waals surface area contributed by atoms with Gasteiger partial charge in [-0.25, -0.2) is 0 Å². The number of nitrogens with one attached hydrogen (secondary N) is 1. The molecule has 1 amide bonds. The Kier molecular flexibility index (Phi) is 4.56. The number of carbonyl (C=O) groups is 1. The lowest BCUT2D eigenvalue weighted by Crippen LogP contribution is -2.39. The lowest BCUT2D eigenvalue weighted by atomic mass is 9.86. The second kappa shape index (κ2) is 6.62. The van der Waals surface area contributed by atoms with Gasteiger partial charge >= 0.3 is 0 Å². The summed E-state index contributed by atoms with van der Waals surface area (Å²) in [5.41, 5.74) is 1.53. The van der Waals surface area contributed by atoms with Gasteiger partial charge in [0.25, 0.3) is 0 Å². The van der Waals surface area contributed by atoms with Crippen LogP contribution in [-0.2, 0) is 4.79 Å². The third-order valence-electron chi connectivity index (χ3n) is 5.29. The van der Waals surface area contributed by atoms with E-state index < -0.39 is 5.41 Å². The van der Waals surface area contributed by atoms with Gasteiger partial charge in [0.1, 0.15) is 5.41 Å². The Bertz CT molecular complexity index is 607. The number of hydrogen-bond acceptors (Lipinski definition) is 3. The second-order valence-corrected chi connectivity index (χ2v) is 6.89. The van der Waals surface area contributed by atoms with E-state index >= 15 is 0 Å². The lowest BCUT2D eigenvalue weighted by Gasteiger charge is -2.24. The summed E-state index contributed by atoms with van der Waals surface area (Å²) in [6.07, 6.45) is 5.83. The molecule has 1 atom stereocenters. The first-order chi connectivity index (χ1) is 11.1. The number of carbonyl (C=O) groups excluding carboxylic acids is 1. The predicted molar refractivity (Wildman–Crippen MR) is 91.0 cm³/mol. The summed E-state index contributed by atoms with van der Waals surface area (Å²) >= 11 is 0. The van der Waals surface area contributed by atoms with Crippen molar-refractivity contribution in [2.75, 3.05) is 18.0 Å². The number of rotatable bonds is 4. The molecule has 3 rings (SSSR count). The van der Waals surface area contributed by atoms with Gasteiger partial charge in [-0.2, -0.15) is 5.26 Å². The minimum atomic E-state index is -0.805. The van der Waals surface area contributed by atoms with Crippen molar-refractivity contribution in [3.8, 4) is 6.07 Å². The fourth-order valence-corrected chi connectivity index (χ4v) is 3.75.